The monoisotopic (exact) mass is 273 g/mol. The number of nitrogens with zero attached hydrogens (tertiary/aromatic N) is 2. The van der Waals surface area contributed by atoms with E-state index in [0.717, 1.165) is 37.1 Å². The van der Waals surface area contributed by atoms with E-state index < -0.39 is 0 Å². The number of fused-ring (bicyclic) bond motifs is 1. The molecule has 1 aliphatic carbocycles. The van der Waals surface area contributed by atoms with E-state index in [1.807, 2.05) is 23.9 Å². The lowest BCUT2D eigenvalue weighted by Gasteiger charge is -2.24. The molecule has 1 aromatic carbocycles. The molecule has 1 N–H and O–H groups in total. The van der Waals surface area contributed by atoms with Gasteiger partial charge in [0.25, 0.3) is 0 Å². The molecule has 1 aliphatic rings. The lowest BCUT2D eigenvalue weighted by atomic mass is 9.93. The Balaban J connectivity index is 2.04. The molecule has 1 aromatic heterocycles. The van der Waals surface area contributed by atoms with Crippen LogP contribution >= 0.6 is 0 Å². The van der Waals surface area contributed by atoms with Crippen molar-refractivity contribution in [2.45, 2.75) is 39.2 Å². The van der Waals surface area contributed by atoms with Crippen molar-refractivity contribution in [3.63, 3.8) is 0 Å². The van der Waals surface area contributed by atoms with E-state index in [9.17, 15) is 4.39 Å². The first-order chi connectivity index (χ1) is 9.70. The molecule has 0 bridgehead atoms. The molecule has 20 heavy (non-hydrogen) atoms. The van der Waals surface area contributed by atoms with Gasteiger partial charge in [0.2, 0.25) is 0 Å². The van der Waals surface area contributed by atoms with E-state index in [1.54, 1.807) is 6.07 Å². The molecule has 0 saturated heterocycles. The Bertz CT molecular complexity index is 618. The third-order valence-corrected chi connectivity index (χ3v) is 4.02. The second-order valence-electron chi connectivity index (χ2n) is 5.39. The number of aromatic nitrogens is 2. The zero-order valence-corrected chi connectivity index (χ0v) is 12.0. The third kappa shape index (κ3) is 2.24. The minimum Gasteiger partial charge on any atom is -0.310 e. The fourth-order valence-electron chi connectivity index (χ4n) is 3.08. The summed E-state index contributed by atoms with van der Waals surface area (Å²) in [5, 5.41) is 8.06. The van der Waals surface area contributed by atoms with Crippen LogP contribution in [0.2, 0.25) is 0 Å². The minimum atomic E-state index is -0.196. The van der Waals surface area contributed by atoms with Gasteiger partial charge in [-0.1, -0.05) is 6.92 Å². The van der Waals surface area contributed by atoms with Gasteiger partial charge in [-0.25, -0.2) is 9.07 Å². The normalized spacial score (nSPS) is 18.1. The van der Waals surface area contributed by atoms with Crippen LogP contribution in [-0.4, -0.2) is 16.3 Å². The molecule has 0 aliphatic heterocycles. The van der Waals surface area contributed by atoms with E-state index in [-0.39, 0.29) is 5.82 Å². The Hall–Kier alpha value is -1.68. The first-order valence-electron chi connectivity index (χ1n) is 7.27. The van der Waals surface area contributed by atoms with Gasteiger partial charge in [-0.3, -0.25) is 0 Å². The molecule has 106 valence electrons. The van der Waals surface area contributed by atoms with Crippen LogP contribution in [-0.2, 0) is 6.42 Å². The third-order valence-electron chi connectivity index (χ3n) is 4.02. The second kappa shape index (κ2) is 5.37. The maximum Gasteiger partial charge on any atom is 0.123 e. The van der Waals surface area contributed by atoms with Gasteiger partial charge in [0.1, 0.15) is 5.82 Å². The van der Waals surface area contributed by atoms with Crippen molar-refractivity contribution in [3.8, 4) is 5.69 Å². The molecule has 4 heteroatoms. The molecular formula is C16H20FN3. The number of halogens is 1. The van der Waals surface area contributed by atoms with Gasteiger partial charge >= 0.3 is 0 Å². The van der Waals surface area contributed by atoms with Gasteiger partial charge in [0.05, 0.1) is 11.9 Å². The van der Waals surface area contributed by atoms with E-state index in [2.05, 4.69) is 17.3 Å². The lowest BCUT2D eigenvalue weighted by Crippen LogP contribution is -2.25. The first kappa shape index (κ1) is 13.3. The van der Waals surface area contributed by atoms with Gasteiger partial charge in [0, 0.05) is 17.3 Å². The number of aryl methyl sites for hydroxylation is 1. The average Bonchev–Trinajstić information content (AvgIpc) is 2.84. The van der Waals surface area contributed by atoms with Crippen molar-refractivity contribution in [1.82, 2.24) is 15.1 Å². The van der Waals surface area contributed by atoms with Crippen molar-refractivity contribution in [1.29, 1.82) is 0 Å². The Morgan fingerprint density at radius 1 is 1.45 bits per heavy atom. The lowest BCUT2D eigenvalue weighted by molar-refractivity contribution is 0.467. The van der Waals surface area contributed by atoms with Gasteiger partial charge in [-0.15, -0.1) is 0 Å². The van der Waals surface area contributed by atoms with Crippen LogP contribution in [0.3, 0.4) is 0 Å². The minimum absolute atomic E-state index is 0.196. The van der Waals surface area contributed by atoms with E-state index in [4.69, 9.17) is 0 Å². The Morgan fingerprint density at radius 3 is 3.05 bits per heavy atom. The summed E-state index contributed by atoms with van der Waals surface area (Å²) >= 11 is 0. The zero-order valence-electron chi connectivity index (χ0n) is 12.0. The van der Waals surface area contributed by atoms with Gasteiger partial charge < -0.3 is 5.32 Å². The van der Waals surface area contributed by atoms with E-state index in [1.165, 1.54) is 17.3 Å². The molecule has 0 radical (unpaired) electrons. The number of benzene rings is 1. The van der Waals surface area contributed by atoms with Crippen molar-refractivity contribution < 1.29 is 4.39 Å². The molecular weight excluding hydrogens is 253 g/mol. The molecule has 0 amide bonds. The SMILES string of the molecule is CCNC1CCCc2c1cnn2-c1ccc(F)cc1C. The van der Waals surface area contributed by atoms with E-state index >= 15 is 0 Å². The molecule has 0 spiro atoms. The van der Waals surface area contributed by atoms with Crippen LogP contribution in [0.25, 0.3) is 5.69 Å². The Morgan fingerprint density at radius 2 is 2.30 bits per heavy atom. The maximum atomic E-state index is 13.3. The summed E-state index contributed by atoms with van der Waals surface area (Å²) in [5.74, 6) is -0.196. The van der Waals surface area contributed by atoms with Crippen LogP contribution in [0, 0.1) is 12.7 Å². The highest BCUT2D eigenvalue weighted by molar-refractivity contribution is 5.43. The summed E-state index contributed by atoms with van der Waals surface area (Å²) in [5.41, 5.74) is 4.45. The molecule has 0 saturated carbocycles. The van der Waals surface area contributed by atoms with Crippen LogP contribution in [0.5, 0.6) is 0 Å². The predicted molar refractivity (Wildman–Crippen MR) is 77.6 cm³/mol. The average molecular weight is 273 g/mol. The summed E-state index contributed by atoms with van der Waals surface area (Å²) in [7, 11) is 0. The summed E-state index contributed by atoms with van der Waals surface area (Å²) in [6.07, 6.45) is 5.32. The Kier molecular flexibility index (Phi) is 3.57. The van der Waals surface area contributed by atoms with Crippen LogP contribution in [0.4, 0.5) is 4.39 Å². The topological polar surface area (TPSA) is 29.9 Å². The van der Waals surface area contributed by atoms with Crippen molar-refractivity contribution in [3.05, 3.63) is 47.0 Å². The highest BCUT2D eigenvalue weighted by Gasteiger charge is 2.24. The van der Waals surface area contributed by atoms with Crippen molar-refractivity contribution in [2.24, 2.45) is 0 Å². The van der Waals surface area contributed by atoms with Gasteiger partial charge in [0.15, 0.2) is 0 Å². The summed E-state index contributed by atoms with van der Waals surface area (Å²) in [4.78, 5) is 0. The zero-order chi connectivity index (χ0) is 14.1. The molecule has 3 rings (SSSR count). The van der Waals surface area contributed by atoms with Crippen LogP contribution in [0.15, 0.2) is 24.4 Å². The van der Waals surface area contributed by atoms with Crippen molar-refractivity contribution in [2.75, 3.05) is 6.54 Å². The molecule has 3 nitrogen and oxygen atoms in total. The summed E-state index contributed by atoms with van der Waals surface area (Å²) in [6, 6.07) is 5.28. The van der Waals surface area contributed by atoms with Crippen molar-refractivity contribution >= 4 is 0 Å². The molecule has 2 aromatic rings. The highest BCUT2D eigenvalue weighted by Crippen LogP contribution is 2.31. The van der Waals surface area contributed by atoms with Gasteiger partial charge in [-0.05, 0) is 56.5 Å². The number of hydrogen-bond acceptors (Lipinski definition) is 2. The van der Waals surface area contributed by atoms with Crippen LogP contribution in [0.1, 0.15) is 42.6 Å². The predicted octanol–water partition coefficient (Wildman–Crippen LogP) is 3.31. The highest BCUT2D eigenvalue weighted by atomic mass is 19.1. The first-order valence-corrected chi connectivity index (χ1v) is 7.27. The maximum absolute atomic E-state index is 13.3. The number of hydrogen-bond donors (Lipinski definition) is 1. The molecule has 0 fully saturated rings. The standard InChI is InChI=1S/C16H20FN3/c1-3-18-14-5-4-6-16-13(14)10-19-20(16)15-8-7-12(17)9-11(15)2/h7-10,14,18H,3-6H2,1-2H3. The van der Waals surface area contributed by atoms with Gasteiger partial charge in [-0.2, -0.15) is 5.10 Å². The largest absolute Gasteiger partial charge is 0.310 e. The van der Waals surface area contributed by atoms with E-state index in [0.29, 0.717) is 6.04 Å². The molecule has 1 atom stereocenters. The number of nitrogens with one attached hydrogen (secondary N) is 1. The fraction of sp³-hybridized carbons (Fsp3) is 0.438. The second-order valence-corrected chi connectivity index (χ2v) is 5.39. The van der Waals surface area contributed by atoms with Crippen LogP contribution < -0.4 is 5.32 Å². The number of rotatable bonds is 3. The quantitative estimate of drug-likeness (QED) is 0.930. The fourth-order valence-corrected chi connectivity index (χ4v) is 3.08. The Labute approximate surface area is 118 Å². The smallest absolute Gasteiger partial charge is 0.123 e. The molecule has 1 unspecified atom stereocenters. The summed E-state index contributed by atoms with van der Waals surface area (Å²) < 4.78 is 15.2. The molecule has 1 heterocycles. The summed E-state index contributed by atoms with van der Waals surface area (Å²) in [6.45, 7) is 5.02.